The second kappa shape index (κ2) is 6.63. The average molecular weight is 285 g/mol. The standard InChI is InChI=1S/C18H27N3/c1-3-21(12-15-8-10-19-11-9-15)14-16-13-20(2)18-7-5-4-6-17(16)18/h4-7,13,15,19H,3,8-12,14H2,1-2H3. The van der Waals surface area contributed by atoms with Crippen LogP contribution >= 0.6 is 0 Å². The molecule has 0 spiro atoms. The van der Waals surface area contributed by atoms with Crippen LogP contribution in [0.2, 0.25) is 0 Å². The third-order valence-electron chi connectivity index (χ3n) is 4.80. The topological polar surface area (TPSA) is 20.2 Å². The normalized spacial score (nSPS) is 16.9. The van der Waals surface area contributed by atoms with Crippen LogP contribution in [0.3, 0.4) is 0 Å². The fourth-order valence-electron chi connectivity index (χ4n) is 3.53. The quantitative estimate of drug-likeness (QED) is 0.911. The largest absolute Gasteiger partial charge is 0.350 e. The number of aryl methyl sites for hydroxylation is 1. The molecule has 3 nitrogen and oxygen atoms in total. The molecular formula is C18H27N3. The van der Waals surface area contributed by atoms with E-state index < -0.39 is 0 Å². The van der Waals surface area contributed by atoms with Crippen molar-refractivity contribution in [3.8, 4) is 0 Å². The minimum Gasteiger partial charge on any atom is -0.350 e. The highest BCUT2D eigenvalue weighted by atomic mass is 15.1. The molecule has 0 atom stereocenters. The molecule has 1 aromatic heterocycles. The van der Waals surface area contributed by atoms with E-state index in [2.05, 4.69) is 59.2 Å². The maximum absolute atomic E-state index is 3.46. The van der Waals surface area contributed by atoms with Gasteiger partial charge in [0, 0.05) is 37.2 Å². The van der Waals surface area contributed by atoms with E-state index in [1.54, 1.807) is 0 Å². The Balaban J connectivity index is 1.73. The van der Waals surface area contributed by atoms with E-state index in [9.17, 15) is 0 Å². The van der Waals surface area contributed by atoms with Crippen LogP contribution in [0.15, 0.2) is 30.5 Å². The van der Waals surface area contributed by atoms with Gasteiger partial charge in [0.05, 0.1) is 0 Å². The maximum atomic E-state index is 3.46. The maximum Gasteiger partial charge on any atom is 0.0481 e. The highest BCUT2D eigenvalue weighted by Gasteiger charge is 2.17. The summed E-state index contributed by atoms with van der Waals surface area (Å²) in [6, 6.07) is 8.73. The first-order valence-electron chi connectivity index (χ1n) is 8.24. The van der Waals surface area contributed by atoms with Gasteiger partial charge in [-0.1, -0.05) is 25.1 Å². The second-order valence-electron chi connectivity index (χ2n) is 6.30. The van der Waals surface area contributed by atoms with Gasteiger partial charge < -0.3 is 9.88 Å². The summed E-state index contributed by atoms with van der Waals surface area (Å²) in [6.45, 7) is 8.11. The zero-order valence-electron chi connectivity index (χ0n) is 13.3. The number of aromatic nitrogens is 1. The lowest BCUT2D eigenvalue weighted by atomic mass is 9.97. The second-order valence-corrected chi connectivity index (χ2v) is 6.30. The fraction of sp³-hybridized carbons (Fsp3) is 0.556. The fourth-order valence-corrected chi connectivity index (χ4v) is 3.53. The number of piperidine rings is 1. The Labute approximate surface area is 127 Å². The number of hydrogen-bond donors (Lipinski definition) is 1. The summed E-state index contributed by atoms with van der Waals surface area (Å²) in [7, 11) is 2.15. The lowest BCUT2D eigenvalue weighted by Gasteiger charge is -2.29. The van der Waals surface area contributed by atoms with Crippen molar-refractivity contribution in [2.45, 2.75) is 26.3 Å². The van der Waals surface area contributed by atoms with Crippen LogP contribution in [0.5, 0.6) is 0 Å². The molecule has 0 aliphatic carbocycles. The van der Waals surface area contributed by atoms with Gasteiger partial charge >= 0.3 is 0 Å². The van der Waals surface area contributed by atoms with E-state index in [4.69, 9.17) is 0 Å². The van der Waals surface area contributed by atoms with E-state index in [0.717, 1.165) is 19.0 Å². The molecule has 3 rings (SSSR count). The van der Waals surface area contributed by atoms with Gasteiger partial charge in [0.2, 0.25) is 0 Å². The van der Waals surface area contributed by atoms with Gasteiger partial charge in [-0.2, -0.15) is 0 Å². The zero-order chi connectivity index (χ0) is 14.7. The van der Waals surface area contributed by atoms with Gasteiger partial charge in [0.25, 0.3) is 0 Å². The summed E-state index contributed by atoms with van der Waals surface area (Å²) in [4.78, 5) is 2.61. The molecule has 0 amide bonds. The van der Waals surface area contributed by atoms with E-state index >= 15 is 0 Å². The number of nitrogens with zero attached hydrogens (tertiary/aromatic N) is 2. The molecule has 0 bridgehead atoms. The van der Waals surface area contributed by atoms with Crippen LogP contribution in [-0.4, -0.2) is 35.6 Å². The molecule has 1 aromatic carbocycles. The smallest absolute Gasteiger partial charge is 0.0481 e. The third-order valence-corrected chi connectivity index (χ3v) is 4.80. The summed E-state index contributed by atoms with van der Waals surface area (Å²) in [6.07, 6.45) is 4.95. The van der Waals surface area contributed by atoms with Gasteiger partial charge in [-0.3, -0.25) is 4.90 Å². The van der Waals surface area contributed by atoms with E-state index in [-0.39, 0.29) is 0 Å². The zero-order valence-corrected chi connectivity index (χ0v) is 13.3. The highest BCUT2D eigenvalue weighted by molar-refractivity contribution is 5.83. The van der Waals surface area contributed by atoms with E-state index in [1.807, 2.05) is 0 Å². The van der Waals surface area contributed by atoms with Crippen molar-refractivity contribution < 1.29 is 0 Å². The van der Waals surface area contributed by atoms with Gasteiger partial charge in [0.15, 0.2) is 0 Å². The van der Waals surface area contributed by atoms with Crippen LogP contribution in [-0.2, 0) is 13.6 Å². The number of rotatable bonds is 5. The molecule has 1 aliphatic heterocycles. The molecule has 21 heavy (non-hydrogen) atoms. The summed E-state index contributed by atoms with van der Waals surface area (Å²) in [5.41, 5.74) is 2.80. The van der Waals surface area contributed by atoms with Gasteiger partial charge in [-0.05, 0) is 50.0 Å². The van der Waals surface area contributed by atoms with Gasteiger partial charge in [-0.25, -0.2) is 0 Å². The molecule has 0 saturated carbocycles. The van der Waals surface area contributed by atoms with Crippen molar-refractivity contribution in [3.63, 3.8) is 0 Å². The number of para-hydroxylation sites is 1. The molecular weight excluding hydrogens is 258 g/mol. The van der Waals surface area contributed by atoms with Gasteiger partial charge in [0.1, 0.15) is 0 Å². The molecule has 2 heterocycles. The summed E-state index contributed by atoms with van der Waals surface area (Å²) in [5.74, 6) is 0.862. The predicted molar refractivity (Wildman–Crippen MR) is 89.5 cm³/mol. The molecule has 2 aromatic rings. The van der Waals surface area contributed by atoms with Crippen LogP contribution in [0.1, 0.15) is 25.3 Å². The first-order chi connectivity index (χ1) is 10.3. The number of benzene rings is 1. The van der Waals surface area contributed by atoms with E-state index in [0.29, 0.717) is 0 Å². The van der Waals surface area contributed by atoms with Crippen molar-refractivity contribution >= 4 is 10.9 Å². The Morgan fingerprint density at radius 1 is 1.24 bits per heavy atom. The van der Waals surface area contributed by atoms with Crippen LogP contribution in [0, 0.1) is 5.92 Å². The van der Waals surface area contributed by atoms with Gasteiger partial charge in [-0.15, -0.1) is 0 Å². The SMILES string of the molecule is CCN(Cc1cn(C)c2ccccc12)CC1CCNCC1. The minimum absolute atomic E-state index is 0.862. The van der Waals surface area contributed by atoms with Crippen molar-refractivity contribution in [3.05, 3.63) is 36.0 Å². The monoisotopic (exact) mass is 285 g/mol. The first kappa shape index (κ1) is 14.6. The van der Waals surface area contributed by atoms with E-state index in [1.165, 1.54) is 48.9 Å². The molecule has 0 unspecified atom stereocenters. The Morgan fingerprint density at radius 3 is 2.76 bits per heavy atom. The molecule has 1 saturated heterocycles. The van der Waals surface area contributed by atoms with Crippen LogP contribution < -0.4 is 5.32 Å². The molecule has 1 fully saturated rings. The molecule has 114 valence electrons. The molecule has 3 heteroatoms. The Hall–Kier alpha value is -1.32. The number of nitrogens with one attached hydrogen (secondary N) is 1. The lowest BCUT2D eigenvalue weighted by molar-refractivity contribution is 0.207. The third kappa shape index (κ3) is 3.30. The van der Waals surface area contributed by atoms with Crippen molar-refractivity contribution in [1.29, 1.82) is 0 Å². The Morgan fingerprint density at radius 2 is 2.00 bits per heavy atom. The number of fused-ring (bicyclic) bond motifs is 1. The molecule has 1 N–H and O–H groups in total. The van der Waals surface area contributed by atoms with Crippen molar-refractivity contribution in [1.82, 2.24) is 14.8 Å². The van der Waals surface area contributed by atoms with Crippen molar-refractivity contribution in [2.24, 2.45) is 13.0 Å². The first-order valence-corrected chi connectivity index (χ1v) is 8.24. The Kier molecular flexibility index (Phi) is 4.61. The molecule has 0 radical (unpaired) electrons. The lowest BCUT2D eigenvalue weighted by Crippen LogP contribution is -2.35. The highest BCUT2D eigenvalue weighted by Crippen LogP contribution is 2.23. The summed E-state index contributed by atoms with van der Waals surface area (Å²) in [5, 5.41) is 4.87. The molecule has 1 aliphatic rings. The minimum atomic E-state index is 0.862. The summed E-state index contributed by atoms with van der Waals surface area (Å²) < 4.78 is 2.25. The van der Waals surface area contributed by atoms with Crippen LogP contribution in [0.25, 0.3) is 10.9 Å². The average Bonchev–Trinajstić information content (AvgIpc) is 2.84. The van der Waals surface area contributed by atoms with Crippen LogP contribution in [0.4, 0.5) is 0 Å². The Bertz CT molecular complexity index is 581. The number of hydrogen-bond acceptors (Lipinski definition) is 2. The predicted octanol–water partition coefficient (Wildman–Crippen LogP) is 3.00. The van der Waals surface area contributed by atoms with Crippen molar-refractivity contribution in [2.75, 3.05) is 26.2 Å². The summed E-state index contributed by atoms with van der Waals surface area (Å²) >= 11 is 0.